The molecule has 0 fully saturated rings. The summed E-state index contributed by atoms with van der Waals surface area (Å²) in [4.78, 5) is 3.20. The van der Waals surface area contributed by atoms with E-state index in [1.165, 1.54) is 0 Å². The fourth-order valence-corrected chi connectivity index (χ4v) is 1.73. The van der Waals surface area contributed by atoms with Crippen LogP contribution >= 0.6 is 11.6 Å². The lowest BCUT2D eigenvalue weighted by molar-refractivity contribution is -0.258. The van der Waals surface area contributed by atoms with Crippen molar-refractivity contribution < 1.29 is 30.8 Å². The van der Waals surface area contributed by atoms with Crippen LogP contribution < -0.4 is 5.73 Å². The van der Waals surface area contributed by atoms with Crippen LogP contribution in [0.2, 0.25) is 5.02 Å². The summed E-state index contributed by atoms with van der Waals surface area (Å²) in [5.74, 6) is -5.30. The zero-order valence-corrected chi connectivity index (χ0v) is 10.1. The number of fused-ring (bicyclic) bond motifs is 1. The molecule has 1 aromatic heterocycles. The highest BCUT2D eigenvalue weighted by atomic mass is 35.5. The smallest absolute Gasteiger partial charge is 0.409 e. The predicted octanol–water partition coefficient (Wildman–Crippen LogP) is 4.27. The second kappa shape index (κ2) is 4.44. The van der Waals surface area contributed by atoms with Gasteiger partial charge in [0.25, 0.3) is 0 Å². The number of hydrogen-bond donors (Lipinski definition) is 1. The third-order valence-corrected chi connectivity index (χ3v) is 2.75. The molecule has 0 amide bonds. The number of rotatable bonds is 1. The van der Waals surface area contributed by atoms with Gasteiger partial charge in [0.2, 0.25) is 11.8 Å². The first-order chi connectivity index (χ1) is 9.00. The minimum absolute atomic E-state index is 0.0440. The number of aromatic nitrogens is 1. The van der Waals surface area contributed by atoms with Gasteiger partial charge in [-0.15, -0.1) is 0 Å². The summed E-state index contributed by atoms with van der Waals surface area (Å²) in [5, 5.41) is -0.0482. The molecular weight excluding hydrogens is 314 g/mol. The van der Waals surface area contributed by atoms with Crippen LogP contribution in [0.3, 0.4) is 0 Å². The zero-order valence-electron chi connectivity index (χ0n) is 9.31. The molecule has 0 radical (unpaired) electrons. The fraction of sp³-hybridized carbons (Fsp3) is 0.300. The molecule has 2 aromatic rings. The third kappa shape index (κ3) is 2.62. The van der Waals surface area contributed by atoms with Crippen molar-refractivity contribution in [2.24, 2.45) is 0 Å². The van der Waals surface area contributed by atoms with Crippen molar-refractivity contribution in [2.75, 3.05) is 5.73 Å². The molecule has 0 spiro atoms. The van der Waals surface area contributed by atoms with Crippen LogP contribution in [-0.2, 0) is 0 Å². The summed E-state index contributed by atoms with van der Waals surface area (Å²) >= 11 is 5.61. The van der Waals surface area contributed by atoms with Crippen LogP contribution in [0, 0.1) is 0 Å². The van der Waals surface area contributed by atoms with Crippen LogP contribution in [0.1, 0.15) is 11.8 Å². The maximum absolute atomic E-state index is 12.5. The normalized spacial score (nSPS) is 13.4. The Morgan fingerprint density at radius 2 is 1.65 bits per heavy atom. The molecule has 0 unspecified atom stereocenters. The number of anilines is 1. The van der Waals surface area contributed by atoms with Gasteiger partial charge in [-0.1, -0.05) is 11.6 Å². The Bertz CT molecular complexity index is 594. The minimum atomic E-state index is -5.57. The Morgan fingerprint density at radius 1 is 1.10 bits per heavy atom. The first-order valence-electron chi connectivity index (χ1n) is 4.99. The summed E-state index contributed by atoms with van der Waals surface area (Å²) in [6, 6.07) is 2.04. The van der Waals surface area contributed by atoms with E-state index in [0.29, 0.717) is 0 Å². The lowest BCUT2D eigenvalue weighted by Crippen LogP contribution is -2.34. The number of nitrogen functional groups attached to an aromatic ring is 1. The zero-order chi connectivity index (χ0) is 15.3. The maximum atomic E-state index is 12.5. The van der Waals surface area contributed by atoms with Crippen molar-refractivity contribution in [3.63, 3.8) is 0 Å². The van der Waals surface area contributed by atoms with Gasteiger partial charge in [0, 0.05) is 6.07 Å². The molecule has 110 valence electrons. The molecule has 10 heteroatoms. The number of nitrogens with two attached hydrogens (primary N) is 1. The molecule has 0 atom stereocenters. The average Bonchev–Trinajstić information content (AvgIpc) is 2.55. The SMILES string of the molecule is Nc1cc2oc(C(C(F)(F)F)C(F)(F)F)nc2cc1Cl. The third-order valence-electron chi connectivity index (χ3n) is 2.43. The molecule has 2 rings (SSSR count). The van der Waals surface area contributed by atoms with E-state index in [0.717, 1.165) is 12.1 Å². The van der Waals surface area contributed by atoms with Crippen LogP contribution in [0.25, 0.3) is 11.1 Å². The van der Waals surface area contributed by atoms with Crippen molar-refractivity contribution in [1.82, 2.24) is 4.98 Å². The second-order valence-electron chi connectivity index (χ2n) is 3.91. The van der Waals surface area contributed by atoms with Crippen LogP contribution in [-0.4, -0.2) is 17.3 Å². The highest BCUT2D eigenvalue weighted by molar-refractivity contribution is 6.33. The standard InChI is InChI=1S/C10H5ClF6N2O/c11-3-1-5-6(2-4(3)18)20-8(19-5)7(9(12,13)14)10(15,16)17/h1-2,7H,18H2. The van der Waals surface area contributed by atoms with Gasteiger partial charge in [0.1, 0.15) is 5.52 Å². The van der Waals surface area contributed by atoms with Crippen LogP contribution in [0.15, 0.2) is 16.5 Å². The van der Waals surface area contributed by atoms with Gasteiger partial charge >= 0.3 is 12.4 Å². The summed E-state index contributed by atoms with van der Waals surface area (Å²) in [5.41, 5.74) is 4.79. The van der Waals surface area contributed by atoms with Crippen molar-refractivity contribution in [3.05, 3.63) is 23.0 Å². The van der Waals surface area contributed by atoms with E-state index in [4.69, 9.17) is 17.3 Å². The lowest BCUT2D eigenvalue weighted by atomic mass is 10.1. The first-order valence-corrected chi connectivity index (χ1v) is 5.37. The average molecular weight is 319 g/mol. The Balaban J connectivity index is 2.61. The predicted molar refractivity (Wildman–Crippen MR) is 58.3 cm³/mol. The Labute approximate surface area is 112 Å². The molecule has 1 heterocycles. The second-order valence-corrected chi connectivity index (χ2v) is 4.32. The van der Waals surface area contributed by atoms with E-state index in [-0.39, 0.29) is 21.8 Å². The Morgan fingerprint density at radius 3 is 2.15 bits per heavy atom. The monoisotopic (exact) mass is 318 g/mol. The highest BCUT2D eigenvalue weighted by Crippen LogP contribution is 2.46. The largest absolute Gasteiger partial charge is 0.440 e. The van der Waals surface area contributed by atoms with Gasteiger partial charge in [-0.25, -0.2) is 4.98 Å². The molecule has 0 aliphatic carbocycles. The molecule has 20 heavy (non-hydrogen) atoms. The number of benzene rings is 1. The first kappa shape index (κ1) is 14.8. The maximum Gasteiger partial charge on any atom is 0.409 e. The van der Waals surface area contributed by atoms with Gasteiger partial charge in [-0.05, 0) is 6.07 Å². The van der Waals surface area contributed by atoms with Crippen molar-refractivity contribution >= 4 is 28.4 Å². The minimum Gasteiger partial charge on any atom is -0.440 e. The van der Waals surface area contributed by atoms with E-state index >= 15 is 0 Å². The topological polar surface area (TPSA) is 52.0 Å². The van der Waals surface area contributed by atoms with E-state index in [1.54, 1.807) is 0 Å². The summed E-state index contributed by atoms with van der Waals surface area (Å²) in [6.07, 6.45) is -11.1. The number of nitrogens with zero attached hydrogens (tertiary/aromatic N) is 1. The van der Waals surface area contributed by atoms with E-state index in [1.807, 2.05) is 0 Å². The summed E-state index contributed by atoms with van der Waals surface area (Å²) in [7, 11) is 0. The van der Waals surface area contributed by atoms with E-state index < -0.39 is 24.2 Å². The molecule has 3 nitrogen and oxygen atoms in total. The van der Waals surface area contributed by atoms with Crippen LogP contribution in [0.4, 0.5) is 32.0 Å². The summed E-state index contributed by atoms with van der Waals surface area (Å²) in [6.45, 7) is 0. The highest BCUT2D eigenvalue weighted by Gasteiger charge is 2.60. The lowest BCUT2D eigenvalue weighted by Gasteiger charge is -2.19. The van der Waals surface area contributed by atoms with E-state index in [9.17, 15) is 26.3 Å². The van der Waals surface area contributed by atoms with Gasteiger partial charge in [-0.3, -0.25) is 0 Å². The van der Waals surface area contributed by atoms with Gasteiger partial charge in [-0.2, -0.15) is 26.3 Å². The van der Waals surface area contributed by atoms with Gasteiger partial charge in [0.15, 0.2) is 5.58 Å². The van der Waals surface area contributed by atoms with E-state index in [2.05, 4.69) is 9.40 Å². The molecule has 1 aromatic carbocycles. The molecule has 0 bridgehead atoms. The van der Waals surface area contributed by atoms with Crippen molar-refractivity contribution in [3.8, 4) is 0 Å². The number of halogens is 7. The molecular formula is C10H5ClF6N2O. The molecule has 0 aliphatic rings. The summed E-state index contributed by atoms with van der Waals surface area (Å²) < 4.78 is 79.6. The number of alkyl halides is 6. The number of hydrogen-bond acceptors (Lipinski definition) is 3. The number of oxazole rings is 1. The van der Waals surface area contributed by atoms with Crippen molar-refractivity contribution in [2.45, 2.75) is 18.3 Å². The quantitative estimate of drug-likeness (QED) is 0.631. The van der Waals surface area contributed by atoms with Crippen LogP contribution in [0.5, 0.6) is 0 Å². The Kier molecular flexibility index (Phi) is 3.28. The Hall–Kier alpha value is -1.64. The molecule has 0 saturated heterocycles. The van der Waals surface area contributed by atoms with Crippen molar-refractivity contribution in [1.29, 1.82) is 0 Å². The van der Waals surface area contributed by atoms with Gasteiger partial charge in [0.05, 0.1) is 10.7 Å². The van der Waals surface area contributed by atoms with Gasteiger partial charge < -0.3 is 10.2 Å². The molecule has 0 aliphatic heterocycles. The fourth-order valence-electron chi connectivity index (χ4n) is 1.57. The molecule has 2 N–H and O–H groups in total. The molecule has 0 saturated carbocycles.